The van der Waals surface area contributed by atoms with Gasteiger partial charge in [-0.25, -0.2) is 4.79 Å². The molecule has 146 valence electrons. The van der Waals surface area contributed by atoms with Crippen LogP contribution in [0.2, 0.25) is 0 Å². The van der Waals surface area contributed by atoms with Gasteiger partial charge in [0.2, 0.25) is 5.91 Å². The van der Waals surface area contributed by atoms with E-state index in [1.165, 1.54) is 32.8 Å². The Balaban J connectivity index is 3.35. The molecule has 0 aliphatic heterocycles. The van der Waals surface area contributed by atoms with E-state index in [1.54, 1.807) is 6.92 Å². The normalized spacial score (nSPS) is 12.3. The van der Waals surface area contributed by atoms with Gasteiger partial charge in [0.05, 0.1) is 7.11 Å². The number of amides is 1. The Bertz CT molecular complexity index is 369. The van der Waals surface area contributed by atoms with E-state index in [9.17, 15) is 9.59 Å². The monoisotopic (exact) mass is 355 g/mol. The average Bonchev–Trinajstić information content (AvgIpc) is 2.61. The summed E-state index contributed by atoms with van der Waals surface area (Å²) in [7, 11) is 1.32. The van der Waals surface area contributed by atoms with Gasteiger partial charge in [0.25, 0.3) is 0 Å². The Morgan fingerprint density at radius 1 is 0.920 bits per heavy atom. The molecule has 0 aliphatic rings. The molecule has 2 N–H and O–H groups in total. The maximum absolute atomic E-state index is 11.7. The van der Waals surface area contributed by atoms with Gasteiger partial charge in [-0.1, -0.05) is 44.3 Å². The van der Waals surface area contributed by atoms with Crippen molar-refractivity contribution in [2.24, 2.45) is 0 Å². The molecule has 1 atom stereocenters. The van der Waals surface area contributed by atoms with Crippen molar-refractivity contribution < 1.29 is 19.4 Å². The summed E-state index contributed by atoms with van der Waals surface area (Å²) in [5, 5.41) is 11.3. The number of hydrogen-bond acceptors (Lipinski definition) is 4. The van der Waals surface area contributed by atoms with Crippen LogP contribution in [0.1, 0.15) is 84.0 Å². The number of carbonyl (C=O) groups excluding carboxylic acids is 2. The number of methoxy groups -OCH3 is 1. The zero-order valence-electron chi connectivity index (χ0n) is 16.1. The third kappa shape index (κ3) is 15.9. The number of esters is 1. The number of aliphatic hydroxyl groups is 1. The highest BCUT2D eigenvalue weighted by atomic mass is 16.5. The topological polar surface area (TPSA) is 75.6 Å². The molecule has 25 heavy (non-hydrogen) atoms. The Morgan fingerprint density at radius 3 is 2.00 bits per heavy atom. The first-order valence-corrected chi connectivity index (χ1v) is 9.74. The Morgan fingerprint density at radius 2 is 1.44 bits per heavy atom. The number of unbranched alkanes of at least 4 members (excludes halogenated alkanes) is 9. The van der Waals surface area contributed by atoms with E-state index < -0.39 is 12.0 Å². The van der Waals surface area contributed by atoms with Gasteiger partial charge >= 0.3 is 5.97 Å². The van der Waals surface area contributed by atoms with E-state index in [0.717, 1.165) is 44.9 Å². The number of carbonyl (C=O) groups is 2. The number of aliphatic hydroxyl groups excluding tert-OH is 1. The second-order valence-electron chi connectivity index (χ2n) is 6.52. The van der Waals surface area contributed by atoms with E-state index >= 15 is 0 Å². The number of hydrogen-bond donors (Lipinski definition) is 2. The van der Waals surface area contributed by atoms with E-state index in [2.05, 4.69) is 22.2 Å². The molecule has 1 amide bonds. The van der Waals surface area contributed by atoms with Crippen LogP contribution in [0.3, 0.4) is 0 Å². The number of ether oxygens (including phenoxy) is 1. The van der Waals surface area contributed by atoms with Crippen molar-refractivity contribution in [3.63, 3.8) is 0 Å². The minimum Gasteiger partial charge on any atom is -0.467 e. The van der Waals surface area contributed by atoms with Gasteiger partial charge in [0.1, 0.15) is 6.04 Å². The minimum absolute atomic E-state index is 0.0835. The van der Waals surface area contributed by atoms with Gasteiger partial charge in [0.15, 0.2) is 0 Å². The van der Waals surface area contributed by atoms with Crippen LogP contribution in [0.25, 0.3) is 0 Å². The fourth-order valence-electron chi connectivity index (χ4n) is 2.59. The van der Waals surface area contributed by atoms with Gasteiger partial charge in [-0.05, 0) is 45.4 Å². The summed E-state index contributed by atoms with van der Waals surface area (Å²) >= 11 is 0. The Hall–Kier alpha value is -1.36. The lowest BCUT2D eigenvalue weighted by atomic mass is 10.1. The zero-order chi connectivity index (χ0) is 18.8. The zero-order valence-corrected chi connectivity index (χ0v) is 16.1. The highest BCUT2D eigenvalue weighted by Crippen LogP contribution is 2.09. The highest BCUT2D eigenvalue weighted by molar-refractivity contribution is 5.83. The maximum Gasteiger partial charge on any atom is 0.328 e. The summed E-state index contributed by atoms with van der Waals surface area (Å²) < 4.78 is 4.57. The van der Waals surface area contributed by atoms with Crippen LogP contribution in [0.15, 0.2) is 12.2 Å². The standard InChI is InChI=1S/C20H37NO4/c1-18(20(24)25-2)21-19(23)16-14-12-10-8-6-4-3-5-7-9-11-13-15-17-22/h3,5,18,22H,4,6-17H2,1-2H3,(H,21,23). The minimum atomic E-state index is -0.570. The first kappa shape index (κ1) is 23.6. The highest BCUT2D eigenvalue weighted by Gasteiger charge is 2.14. The van der Waals surface area contributed by atoms with Crippen molar-refractivity contribution in [2.45, 2.75) is 90.0 Å². The van der Waals surface area contributed by atoms with Crippen molar-refractivity contribution in [3.8, 4) is 0 Å². The predicted octanol–water partition coefficient (Wildman–Crippen LogP) is 3.89. The third-order valence-corrected chi connectivity index (χ3v) is 4.15. The average molecular weight is 356 g/mol. The summed E-state index contributed by atoms with van der Waals surface area (Å²) in [5.41, 5.74) is 0. The van der Waals surface area contributed by atoms with Crippen LogP contribution < -0.4 is 5.32 Å². The predicted molar refractivity (Wildman–Crippen MR) is 101 cm³/mol. The Labute approximate surface area is 153 Å². The molecule has 0 bridgehead atoms. The van der Waals surface area contributed by atoms with Crippen LogP contribution in [0.4, 0.5) is 0 Å². The van der Waals surface area contributed by atoms with Crippen molar-refractivity contribution in [3.05, 3.63) is 12.2 Å². The van der Waals surface area contributed by atoms with Gasteiger partial charge in [-0.2, -0.15) is 0 Å². The fraction of sp³-hybridized carbons (Fsp3) is 0.800. The molecule has 5 nitrogen and oxygen atoms in total. The van der Waals surface area contributed by atoms with E-state index in [1.807, 2.05) is 0 Å². The van der Waals surface area contributed by atoms with Gasteiger partial charge in [-0.3, -0.25) is 4.79 Å². The van der Waals surface area contributed by atoms with Crippen LogP contribution in [0, 0.1) is 0 Å². The number of rotatable bonds is 16. The lowest BCUT2D eigenvalue weighted by molar-refractivity contribution is -0.144. The van der Waals surface area contributed by atoms with Crippen LogP contribution >= 0.6 is 0 Å². The molecular formula is C20H37NO4. The lowest BCUT2D eigenvalue weighted by Crippen LogP contribution is -2.38. The quantitative estimate of drug-likeness (QED) is 0.250. The van der Waals surface area contributed by atoms with Crippen molar-refractivity contribution in [2.75, 3.05) is 13.7 Å². The molecular weight excluding hydrogens is 318 g/mol. The summed E-state index contributed by atoms with van der Waals surface area (Å²) in [6.45, 7) is 1.94. The second kappa shape index (κ2) is 17.5. The molecule has 0 rings (SSSR count). The summed E-state index contributed by atoms with van der Waals surface area (Å²) in [5.74, 6) is -0.494. The molecule has 0 saturated carbocycles. The number of allylic oxidation sites excluding steroid dienone is 2. The summed E-state index contributed by atoms with van der Waals surface area (Å²) in [6, 6.07) is -0.570. The third-order valence-electron chi connectivity index (χ3n) is 4.15. The fourth-order valence-corrected chi connectivity index (χ4v) is 2.59. The Kier molecular flexibility index (Phi) is 16.5. The molecule has 0 radical (unpaired) electrons. The van der Waals surface area contributed by atoms with Crippen LogP contribution in [-0.4, -0.2) is 36.7 Å². The molecule has 0 fully saturated rings. The van der Waals surface area contributed by atoms with E-state index in [0.29, 0.717) is 13.0 Å². The molecule has 0 aromatic heterocycles. The first-order valence-electron chi connectivity index (χ1n) is 9.74. The molecule has 0 aromatic carbocycles. The smallest absolute Gasteiger partial charge is 0.328 e. The van der Waals surface area contributed by atoms with E-state index in [-0.39, 0.29) is 5.91 Å². The molecule has 1 unspecified atom stereocenters. The van der Waals surface area contributed by atoms with Crippen molar-refractivity contribution in [1.82, 2.24) is 5.32 Å². The van der Waals surface area contributed by atoms with Gasteiger partial charge in [-0.15, -0.1) is 0 Å². The molecule has 0 heterocycles. The van der Waals surface area contributed by atoms with Crippen molar-refractivity contribution in [1.29, 1.82) is 0 Å². The van der Waals surface area contributed by atoms with Crippen LogP contribution in [-0.2, 0) is 14.3 Å². The maximum atomic E-state index is 11.7. The molecule has 0 aliphatic carbocycles. The number of nitrogens with one attached hydrogen (secondary N) is 1. The van der Waals surface area contributed by atoms with Gasteiger partial charge < -0.3 is 15.2 Å². The molecule has 0 saturated heterocycles. The molecule has 0 spiro atoms. The largest absolute Gasteiger partial charge is 0.467 e. The molecule has 5 heteroatoms. The lowest BCUT2D eigenvalue weighted by Gasteiger charge is -2.11. The summed E-state index contributed by atoms with van der Waals surface area (Å²) in [4.78, 5) is 22.8. The molecule has 0 aromatic rings. The second-order valence-corrected chi connectivity index (χ2v) is 6.52. The first-order chi connectivity index (χ1) is 12.1. The summed E-state index contributed by atoms with van der Waals surface area (Å²) in [6.07, 6.45) is 17.2. The van der Waals surface area contributed by atoms with Gasteiger partial charge in [0, 0.05) is 13.0 Å². The van der Waals surface area contributed by atoms with E-state index in [4.69, 9.17) is 5.11 Å². The van der Waals surface area contributed by atoms with Crippen LogP contribution in [0.5, 0.6) is 0 Å². The SMILES string of the molecule is COC(=O)C(C)NC(=O)CCCCCCCC=CCCCCCCO. The van der Waals surface area contributed by atoms with Crippen molar-refractivity contribution >= 4 is 11.9 Å².